The van der Waals surface area contributed by atoms with Crippen LogP contribution in [0.15, 0.2) is 42.9 Å². The predicted octanol–water partition coefficient (Wildman–Crippen LogP) is 2.96. The molecule has 94 valence electrons. The number of aromatic nitrogens is 2. The molecule has 0 aliphatic heterocycles. The third-order valence-electron chi connectivity index (χ3n) is 2.29. The van der Waals surface area contributed by atoms with Crippen LogP contribution in [0.1, 0.15) is 6.42 Å². The first-order chi connectivity index (χ1) is 8.86. The first-order valence-corrected chi connectivity index (χ1v) is 6.81. The number of halogens is 1. The Balaban J connectivity index is 1.66. The van der Waals surface area contributed by atoms with E-state index in [9.17, 15) is 0 Å². The second-order valence-corrected chi connectivity index (χ2v) is 4.82. The number of nitrogens with zero attached hydrogens (tertiary/aromatic N) is 2. The van der Waals surface area contributed by atoms with Crippen molar-refractivity contribution in [3.05, 3.63) is 46.4 Å². The van der Waals surface area contributed by atoms with Crippen LogP contribution in [-0.4, -0.2) is 23.1 Å². The highest BCUT2D eigenvalue weighted by Crippen LogP contribution is 2.12. The molecule has 1 aromatic carbocycles. The molecular formula is C13H14IN3O. The van der Waals surface area contributed by atoms with Crippen molar-refractivity contribution < 1.29 is 4.74 Å². The molecule has 0 fully saturated rings. The van der Waals surface area contributed by atoms with Crippen LogP contribution < -0.4 is 10.1 Å². The normalized spacial score (nSPS) is 10.1. The molecule has 0 amide bonds. The van der Waals surface area contributed by atoms with Gasteiger partial charge in [0.2, 0.25) is 0 Å². The molecule has 0 unspecified atom stereocenters. The quantitative estimate of drug-likeness (QED) is 0.639. The maximum Gasteiger partial charge on any atom is 0.142 e. The minimum absolute atomic E-state index is 0.693. The van der Waals surface area contributed by atoms with E-state index in [0.717, 1.165) is 28.1 Å². The van der Waals surface area contributed by atoms with Crippen LogP contribution >= 0.6 is 22.6 Å². The Morgan fingerprint density at radius 2 is 2.06 bits per heavy atom. The largest absolute Gasteiger partial charge is 0.494 e. The summed E-state index contributed by atoms with van der Waals surface area (Å²) in [6, 6.07) is 9.83. The van der Waals surface area contributed by atoms with E-state index in [-0.39, 0.29) is 0 Å². The molecule has 0 spiro atoms. The summed E-state index contributed by atoms with van der Waals surface area (Å²) >= 11 is 2.21. The van der Waals surface area contributed by atoms with Crippen molar-refractivity contribution in [1.29, 1.82) is 0 Å². The van der Waals surface area contributed by atoms with Gasteiger partial charge in [-0.05, 0) is 41.1 Å². The summed E-state index contributed by atoms with van der Waals surface area (Å²) < 4.78 is 6.63. The molecular weight excluding hydrogens is 341 g/mol. The van der Waals surface area contributed by atoms with Gasteiger partial charge in [0.15, 0.2) is 0 Å². The van der Waals surface area contributed by atoms with E-state index < -0.39 is 0 Å². The Kier molecular flexibility index (Phi) is 5.19. The van der Waals surface area contributed by atoms with Crippen LogP contribution in [0.2, 0.25) is 0 Å². The zero-order valence-electron chi connectivity index (χ0n) is 9.84. The number of hydrogen-bond acceptors (Lipinski definition) is 4. The molecule has 1 aromatic heterocycles. The van der Waals surface area contributed by atoms with Gasteiger partial charge in [-0.2, -0.15) is 0 Å². The van der Waals surface area contributed by atoms with Gasteiger partial charge in [-0.25, -0.2) is 9.97 Å². The molecule has 0 radical (unpaired) electrons. The van der Waals surface area contributed by atoms with Gasteiger partial charge in [0.05, 0.1) is 10.2 Å². The van der Waals surface area contributed by atoms with Crippen molar-refractivity contribution in [2.75, 3.05) is 18.5 Å². The SMILES string of the molecule is Ic1cncnc1NCCCOc1ccccc1. The van der Waals surface area contributed by atoms with Gasteiger partial charge in [-0.1, -0.05) is 18.2 Å². The minimum Gasteiger partial charge on any atom is -0.494 e. The topological polar surface area (TPSA) is 47.0 Å². The molecule has 4 nitrogen and oxygen atoms in total. The molecule has 1 heterocycles. The fourth-order valence-electron chi connectivity index (χ4n) is 1.43. The Morgan fingerprint density at radius 3 is 2.83 bits per heavy atom. The number of anilines is 1. The molecule has 0 aliphatic carbocycles. The van der Waals surface area contributed by atoms with Crippen molar-refractivity contribution in [3.8, 4) is 5.75 Å². The Bertz CT molecular complexity index is 479. The lowest BCUT2D eigenvalue weighted by molar-refractivity contribution is 0.315. The van der Waals surface area contributed by atoms with Crippen molar-refractivity contribution in [1.82, 2.24) is 9.97 Å². The number of hydrogen-bond donors (Lipinski definition) is 1. The summed E-state index contributed by atoms with van der Waals surface area (Å²) in [6.45, 7) is 1.53. The minimum atomic E-state index is 0.693. The van der Waals surface area contributed by atoms with Gasteiger partial charge < -0.3 is 10.1 Å². The third kappa shape index (κ3) is 4.14. The molecule has 0 aliphatic rings. The summed E-state index contributed by atoms with van der Waals surface area (Å²) in [5.74, 6) is 1.79. The van der Waals surface area contributed by atoms with E-state index in [1.54, 1.807) is 12.5 Å². The molecule has 2 rings (SSSR count). The predicted molar refractivity (Wildman–Crippen MR) is 79.8 cm³/mol. The molecule has 1 N–H and O–H groups in total. The highest BCUT2D eigenvalue weighted by molar-refractivity contribution is 14.1. The smallest absolute Gasteiger partial charge is 0.142 e. The molecule has 5 heteroatoms. The Labute approximate surface area is 120 Å². The summed E-state index contributed by atoms with van der Waals surface area (Å²) in [6.07, 6.45) is 4.26. The van der Waals surface area contributed by atoms with Crippen molar-refractivity contribution in [2.24, 2.45) is 0 Å². The van der Waals surface area contributed by atoms with Gasteiger partial charge in [-0.15, -0.1) is 0 Å². The number of rotatable bonds is 6. The van der Waals surface area contributed by atoms with Gasteiger partial charge in [0.1, 0.15) is 17.9 Å². The maximum atomic E-state index is 5.60. The van der Waals surface area contributed by atoms with Gasteiger partial charge in [0, 0.05) is 12.7 Å². The van der Waals surface area contributed by atoms with Gasteiger partial charge in [0.25, 0.3) is 0 Å². The lowest BCUT2D eigenvalue weighted by Gasteiger charge is -2.08. The second kappa shape index (κ2) is 7.15. The first kappa shape index (κ1) is 13.1. The standard InChI is InChI=1S/C13H14IN3O/c14-12-9-15-10-17-13(12)16-7-4-8-18-11-5-2-1-3-6-11/h1-3,5-6,9-10H,4,7-8H2,(H,15,16,17). The van der Waals surface area contributed by atoms with E-state index in [2.05, 4.69) is 37.9 Å². The fraction of sp³-hybridized carbons (Fsp3) is 0.231. The molecule has 0 saturated carbocycles. The summed E-state index contributed by atoms with van der Waals surface area (Å²) in [5.41, 5.74) is 0. The summed E-state index contributed by atoms with van der Waals surface area (Å²) in [7, 11) is 0. The summed E-state index contributed by atoms with van der Waals surface area (Å²) in [5, 5.41) is 3.26. The van der Waals surface area contributed by atoms with E-state index in [1.165, 1.54) is 0 Å². The monoisotopic (exact) mass is 355 g/mol. The molecule has 0 atom stereocenters. The van der Waals surface area contributed by atoms with Crippen LogP contribution in [0.5, 0.6) is 5.75 Å². The Morgan fingerprint density at radius 1 is 1.22 bits per heavy atom. The van der Waals surface area contributed by atoms with Crippen LogP contribution in [0.4, 0.5) is 5.82 Å². The van der Waals surface area contributed by atoms with E-state index in [0.29, 0.717) is 6.61 Å². The van der Waals surface area contributed by atoms with Gasteiger partial charge >= 0.3 is 0 Å². The molecule has 2 aromatic rings. The van der Waals surface area contributed by atoms with Crippen LogP contribution in [0, 0.1) is 3.57 Å². The number of benzene rings is 1. The highest BCUT2D eigenvalue weighted by Gasteiger charge is 1.99. The third-order valence-corrected chi connectivity index (χ3v) is 3.08. The molecule has 0 bridgehead atoms. The van der Waals surface area contributed by atoms with Crippen LogP contribution in [-0.2, 0) is 0 Å². The lowest BCUT2D eigenvalue weighted by atomic mass is 10.3. The second-order valence-electron chi connectivity index (χ2n) is 3.66. The number of para-hydroxylation sites is 1. The van der Waals surface area contributed by atoms with E-state index in [4.69, 9.17) is 4.74 Å². The fourth-order valence-corrected chi connectivity index (χ4v) is 1.92. The van der Waals surface area contributed by atoms with E-state index >= 15 is 0 Å². The van der Waals surface area contributed by atoms with Crippen LogP contribution in [0.3, 0.4) is 0 Å². The van der Waals surface area contributed by atoms with Crippen molar-refractivity contribution in [2.45, 2.75) is 6.42 Å². The maximum absolute atomic E-state index is 5.60. The molecule has 18 heavy (non-hydrogen) atoms. The zero-order valence-corrected chi connectivity index (χ0v) is 12.0. The number of ether oxygens (including phenoxy) is 1. The van der Waals surface area contributed by atoms with Crippen LogP contribution in [0.25, 0.3) is 0 Å². The first-order valence-electron chi connectivity index (χ1n) is 5.73. The van der Waals surface area contributed by atoms with Crippen molar-refractivity contribution in [3.63, 3.8) is 0 Å². The zero-order chi connectivity index (χ0) is 12.6. The Hall–Kier alpha value is -1.37. The highest BCUT2D eigenvalue weighted by atomic mass is 127. The van der Waals surface area contributed by atoms with Crippen molar-refractivity contribution >= 4 is 28.4 Å². The number of nitrogens with one attached hydrogen (secondary N) is 1. The van der Waals surface area contributed by atoms with Gasteiger partial charge in [-0.3, -0.25) is 0 Å². The summed E-state index contributed by atoms with van der Waals surface area (Å²) in [4.78, 5) is 8.11. The van der Waals surface area contributed by atoms with E-state index in [1.807, 2.05) is 30.3 Å². The average molecular weight is 355 g/mol. The average Bonchev–Trinajstić information content (AvgIpc) is 2.42. The lowest BCUT2D eigenvalue weighted by Crippen LogP contribution is -2.09. The molecule has 0 saturated heterocycles.